The molecule has 2 heterocycles. The van der Waals surface area contributed by atoms with E-state index in [4.69, 9.17) is 9.26 Å². The van der Waals surface area contributed by atoms with Crippen LogP contribution in [0.1, 0.15) is 46.6 Å². The zero-order valence-electron chi connectivity index (χ0n) is 18.4. The van der Waals surface area contributed by atoms with Crippen molar-refractivity contribution in [1.29, 1.82) is 0 Å². The van der Waals surface area contributed by atoms with E-state index in [1.54, 1.807) is 32.0 Å². The monoisotopic (exact) mass is 473 g/mol. The van der Waals surface area contributed by atoms with E-state index in [2.05, 4.69) is 10.1 Å². The quantitative estimate of drug-likeness (QED) is 0.498. The SMILES string of the molecule is Cc1ccc(-c2noc(COC(=O)c3cc(S(=O)(=O)N4CCCCC4)ccc3C)n2)cc1F. The van der Waals surface area contributed by atoms with Crippen LogP contribution in [0.15, 0.2) is 45.8 Å². The highest BCUT2D eigenvalue weighted by molar-refractivity contribution is 7.89. The Morgan fingerprint density at radius 3 is 2.55 bits per heavy atom. The van der Waals surface area contributed by atoms with Gasteiger partial charge in [0.1, 0.15) is 5.82 Å². The Morgan fingerprint density at radius 2 is 1.82 bits per heavy atom. The van der Waals surface area contributed by atoms with Crippen molar-refractivity contribution < 1.29 is 26.9 Å². The zero-order chi connectivity index (χ0) is 23.6. The van der Waals surface area contributed by atoms with Crippen LogP contribution in [-0.2, 0) is 21.4 Å². The fraction of sp³-hybridized carbons (Fsp3) is 0.348. The first-order valence-corrected chi connectivity index (χ1v) is 12.1. The van der Waals surface area contributed by atoms with E-state index in [-0.39, 0.29) is 34.6 Å². The van der Waals surface area contributed by atoms with E-state index in [9.17, 15) is 17.6 Å². The molecular formula is C23H24FN3O5S. The molecule has 0 saturated carbocycles. The number of hydrogen-bond acceptors (Lipinski definition) is 7. The number of esters is 1. The largest absolute Gasteiger partial charge is 0.452 e. The first-order chi connectivity index (χ1) is 15.8. The van der Waals surface area contributed by atoms with Crippen LogP contribution in [0.25, 0.3) is 11.4 Å². The minimum Gasteiger partial charge on any atom is -0.452 e. The Hall–Kier alpha value is -3.11. The predicted molar refractivity (Wildman–Crippen MR) is 117 cm³/mol. The van der Waals surface area contributed by atoms with Crippen LogP contribution >= 0.6 is 0 Å². The Labute approximate surface area is 191 Å². The number of benzene rings is 2. The van der Waals surface area contributed by atoms with Crippen molar-refractivity contribution in [3.8, 4) is 11.4 Å². The summed E-state index contributed by atoms with van der Waals surface area (Å²) in [6, 6.07) is 9.00. The number of sulfonamides is 1. The number of aromatic nitrogens is 2. The lowest BCUT2D eigenvalue weighted by atomic mass is 10.1. The molecule has 0 N–H and O–H groups in total. The number of ether oxygens (including phenoxy) is 1. The van der Waals surface area contributed by atoms with E-state index in [1.807, 2.05) is 0 Å². The van der Waals surface area contributed by atoms with E-state index < -0.39 is 16.0 Å². The number of hydrogen-bond donors (Lipinski definition) is 0. The number of piperidine rings is 1. The highest BCUT2D eigenvalue weighted by Crippen LogP contribution is 2.24. The first kappa shape index (κ1) is 23.1. The van der Waals surface area contributed by atoms with Gasteiger partial charge >= 0.3 is 5.97 Å². The fourth-order valence-corrected chi connectivity index (χ4v) is 5.15. The smallest absolute Gasteiger partial charge is 0.338 e. The van der Waals surface area contributed by atoms with Gasteiger partial charge in [0.2, 0.25) is 15.8 Å². The Morgan fingerprint density at radius 1 is 1.09 bits per heavy atom. The molecule has 1 aromatic heterocycles. The molecule has 10 heteroatoms. The molecule has 1 aliphatic rings. The lowest BCUT2D eigenvalue weighted by Crippen LogP contribution is -2.35. The van der Waals surface area contributed by atoms with Gasteiger partial charge in [0.15, 0.2) is 6.61 Å². The van der Waals surface area contributed by atoms with Gasteiger partial charge in [-0.3, -0.25) is 0 Å². The van der Waals surface area contributed by atoms with Crippen molar-refractivity contribution in [3.05, 3.63) is 64.8 Å². The second-order valence-corrected chi connectivity index (χ2v) is 9.93. The molecule has 3 aromatic rings. The highest BCUT2D eigenvalue weighted by atomic mass is 32.2. The molecule has 0 atom stereocenters. The highest BCUT2D eigenvalue weighted by Gasteiger charge is 2.27. The molecule has 1 fully saturated rings. The second-order valence-electron chi connectivity index (χ2n) is 7.99. The van der Waals surface area contributed by atoms with Crippen molar-refractivity contribution in [1.82, 2.24) is 14.4 Å². The first-order valence-electron chi connectivity index (χ1n) is 10.6. The van der Waals surface area contributed by atoms with Crippen molar-refractivity contribution in [2.45, 2.75) is 44.6 Å². The molecule has 8 nitrogen and oxygen atoms in total. The summed E-state index contributed by atoms with van der Waals surface area (Å²) in [6.45, 7) is 3.99. The van der Waals surface area contributed by atoms with Gasteiger partial charge in [-0.1, -0.05) is 29.8 Å². The van der Waals surface area contributed by atoms with Gasteiger partial charge in [-0.05, 0) is 56.0 Å². The van der Waals surface area contributed by atoms with Gasteiger partial charge in [-0.15, -0.1) is 0 Å². The number of halogens is 1. The lowest BCUT2D eigenvalue weighted by molar-refractivity contribution is 0.0428. The van der Waals surface area contributed by atoms with Gasteiger partial charge in [0, 0.05) is 18.7 Å². The predicted octanol–water partition coefficient (Wildman–Crippen LogP) is 4.02. The molecule has 174 valence electrons. The summed E-state index contributed by atoms with van der Waals surface area (Å²) < 4.78 is 51.5. The minimum absolute atomic E-state index is 0.0362. The van der Waals surface area contributed by atoms with Crippen LogP contribution in [-0.4, -0.2) is 41.9 Å². The van der Waals surface area contributed by atoms with Crippen molar-refractivity contribution in [3.63, 3.8) is 0 Å². The Bertz CT molecular complexity index is 1280. The van der Waals surface area contributed by atoms with Gasteiger partial charge < -0.3 is 9.26 Å². The summed E-state index contributed by atoms with van der Waals surface area (Å²) in [4.78, 5) is 16.9. The summed E-state index contributed by atoms with van der Waals surface area (Å²) in [6.07, 6.45) is 2.65. The topological polar surface area (TPSA) is 103 Å². The molecule has 0 aliphatic carbocycles. The molecule has 1 saturated heterocycles. The van der Waals surface area contributed by atoms with Gasteiger partial charge in [0.05, 0.1) is 10.5 Å². The molecule has 4 rings (SSSR count). The number of carbonyl (C=O) groups excluding carboxylic acids is 1. The van der Waals surface area contributed by atoms with E-state index in [0.29, 0.717) is 29.8 Å². The minimum atomic E-state index is -3.68. The van der Waals surface area contributed by atoms with Gasteiger partial charge in [0.25, 0.3) is 5.89 Å². The normalized spacial score (nSPS) is 14.9. The standard InChI is InChI=1S/C23H24FN3O5S/c1-15-7-9-18(33(29,30)27-10-4-3-5-11-27)13-19(15)23(28)31-14-21-25-22(26-32-21)17-8-6-16(2)20(24)12-17/h6-9,12-13H,3-5,10-11,14H2,1-2H3. The van der Waals surface area contributed by atoms with Gasteiger partial charge in [-0.2, -0.15) is 9.29 Å². The van der Waals surface area contributed by atoms with Crippen molar-refractivity contribution in [2.24, 2.45) is 0 Å². The van der Waals surface area contributed by atoms with Crippen molar-refractivity contribution in [2.75, 3.05) is 13.1 Å². The van der Waals surface area contributed by atoms with Crippen LogP contribution in [0.5, 0.6) is 0 Å². The van der Waals surface area contributed by atoms with E-state index in [0.717, 1.165) is 19.3 Å². The summed E-state index contributed by atoms with van der Waals surface area (Å²) in [5.41, 5.74) is 1.66. The molecule has 0 radical (unpaired) electrons. The average Bonchev–Trinajstić information content (AvgIpc) is 3.29. The number of aryl methyl sites for hydroxylation is 2. The lowest BCUT2D eigenvalue weighted by Gasteiger charge is -2.26. The average molecular weight is 474 g/mol. The molecule has 1 aliphatic heterocycles. The van der Waals surface area contributed by atoms with Crippen LogP contribution in [0, 0.1) is 19.7 Å². The molecule has 2 aromatic carbocycles. The second kappa shape index (κ2) is 9.40. The summed E-state index contributed by atoms with van der Waals surface area (Å²) >= 11 is 0. The van der Waals surface area contributed by atoms with Crippen LogP contribution in [0.4, 0.5) is 4.39 Å². The van der Waals surface area contributed by atoms with E-state index >= 15 is 0 Å². The maximum Gasteiger partial charge on any atom is 0.338 e. The third-order valence-electron chi connectivity index (χ3n) is 5.61. The summed E-state index contributed by atoms with van der Waals surface area (Å²) in [5, 5.41) is 3.79. The summed E-state index contributed by atoms with van der Waals surface area (Å²) in [5.74, 6) is -0.885. The van der Waals surface area contributed by atoms with Crippen molar-refractivity contribution >= 4 is 16.0 Å². The Balaban J connectivity index is 1.47. The zero-order valence-corrected chi connectivity index (χ0v) is 19.2. The Kier molecular flexibility index (Phi) is 6.57. The number of carbonyl (C=O) groups is 1. The van der Waals surface area contributed by atoms with Crippen LogP contribution < -0.4 is 0 Å². The third-order valence-corrected chi connectivity index (χ3v) is 7.50. The maximum atomic E-state index is 13.8. The molecular weight excluding hydrogens is 449 g/mol. The van der Waals surface area contributed by atoms with Crippen LogP contribution in [0.3, 0.4) is 0 Å². The summed E-state index contributed by atoms with van der Waals surface area (Å²) in [7, 11) is -3.68. The molecule has 0 amide bonds. The maximum absolute atomic E-state index is 13.8. The molecule has 33 heavy (non-hydrogen) atoms. The number of nitrogens with zero attached hydrogens (tertiary/aromatic N) is 3. The molecule has 0 bridgehead atoms. The molecule has 0 unspecified atom stereocenters. The third kappa shape index (κ3) is 4.96. The van der Waals surface area contributed by atoms with Crippen LogP contribution in [0.2, 0.25) is 0 Å². The van der Waals surface area contributed by atoms with Gasteiger partial charge in [-0.25, -0.2) is 17.6 Å². The molecule has 0 spiro atoms. The fourth-order valence-electron chi connectivity index (χ4n) is 3.60. The number of rotatable bonds is 6. The van der Waals surface area contributed by atoms with E-state index in [1.165, 1.54) is 22.5 Å².